The lowest BCUT2D eigenvalue weighted by molar-refractivity contribution is -0.122. The van der Waals surface area contributed by atoms with E-state index in [1.165, 1.54) is 4.90 Å². The summed E-state index contributed by atoms with van der Waals surface area (Å²) in [6.07, 6.45) is 2.11. The number of carbonyl (C=O) groups excluding carboxylic acids is 2. The van der Waals surface area contributed by atoms with E-state index in [-0.39, 0.29) is 41.7 Å². The maximum atomic E-state index is 13.9. The van der Waals surface area contributed by atoms with Gasteiger partial charge in [-0.05, 0) is 66.5 Å². The number of aliphatic hydroxyl groups is 5. The maximum absolute atomic E-state index is 13.9. The minimum Gasteiger partial charge on any atom is -0.490 e. The summed E-state index contributed by atoms with van der Waals surface area (Å²) in [4.78, 5) is 32.9. The minimum atomic E-state index is -1.80. The standard InChI is InChI=1S/C41H54ClN5O8/c1-2-32(42)30(19-34(49)33-23-47(18-17-44-33)40(54)45-22-35(50)38(52)39(53)36(51)24-48)27-8-4-3-7-25(27)20-46-41(14-15-41)31-21-43-16-13-28(31)29-9-5-6-10-37(29)55-26-11-12-26/h3-10,13,16,21,26,30,32-33,35-36,38-39,44,46,48,50-53H,2,11-12,14-15,17-20,22-24H2,1H3,(H,45,54)/t30?,32?,33?,35-,36+,38+,39+/m0/s1. The van der Waals surface area contributed by atoms with Crippen LogP contribution in [0.25, 0.3) is 11.1 Å². The normalized spacial score (nSPS) is 21.1. The van der Waals surface area contributed by atoms with Gasteiger partial charge in [0.25, 0.3) is 0 Å². The molecule has 0 spiro atoms. The number of aromatic nitrogens is 1. The monoisotopic (exact) mass is 779 g/mol. The molecule has 3 fully saturated rings. The van der Waals surface area contributed by atoms with Gasteiger partial charge in [-0.3, -0.25) is 9.78 Å². The van der Waals surface area contributed by atoms with Crippen molar-refractivity contribution in [1.82, 2.24) is 25.8 Å². The summed E-state index contributed by atoms with van der Waals surface area (Å²) in [5.41, 5.74) is 5.10. The van der Waals surface area contributed by atoms with Gasteiger partial charge in [0, 0.05) is 73.9 Å². The Balaban J connectivity index is 1.11. The Hall–Kier alpha value is -3.66. The first-order valence-corrected chi connectivity index (χ1v) is 19.8. The zero-order valence-corrected chi connectivity index (χ0v) is 31.9. The number of hydrogen-bond donors (Lipinski definition) is 8. The van der Waals surface area contributed by atoms with E-state index >= 15 is 0 Å². The van der Waals surface area contributed by atoms with E-state index in [0.29, 0.717) is 26.1 Å². The smallest absolute Gasteiger partial charge is 0.317 e. The highest BCUT2D eigenvalue weighted by atomic mass is 35.5. The van der Waals surface area contributed by atoms with Crippen molar-refractivity contribution in [3.05, 3.63) is 83.7 Å². The number of hydrogen-bond acceptors (Lipinski definition) is 11. The summed E-state index contributed by atoms with van der Waals surface area (Å²) in [6, 6.07) is 17.2. The molecule has 1 aromatic heterocycles. The second-order valence-electron chi connectivity index (χ2n) is 15.0. The second kappa shape index (κ2) is 18.5. The maximum Gasteiger partial charge on any atom is 0.317 e. The highest BCUT2D eigenvalue weighted by molar-refractivity contribution is 6.21. The van der Waals surface area contributed by atoms with Crippen molar-refractivity contribution in [3.63, 3.8) is 0 Å². The number of rotatable bonds is 19. The quantitative estimate of drug-likeness (QED) is 0.0834. The average Bonchev–Trinajstić information content (AvgIpc) is 4.18. The fourth-order valence-electron chi connectivity index (χ4n) is 7.37. The van der Waals surface area contributed by atoms with Crippen molar-refractivity contribution < 1.29 is 39.9 Å². The molecule has 2 heterocycles. The molecule has 13 nitrogen and oxygen atoms in total. The molecule has 0 bridgehead atoms. The molecule has 2 aromatic carbocycles. The fraction of sp³-hybridized carbons (Fsp3) is 0.537. The zero-order chi connectivity index (χ0) is 39.1. The highest BCUT2D eigenvalue weighted by Crippen LogP contribution is 2.50. The molecular weight excluding hydrogens is 726 g/mol. The predicted molar refractivity (Wildman–Crippen MR) is 208 cm³/mol. The molecular formula is C41H54ClN5O8. The van der Waals surface area contributed by atoms with Crippen molar-refractivity contribution >= 4 is 23.4 Å². The van der Waals surface area contributed by atoms with Gasteiger partial charge in [-0.15, -0.1) is 11.6 Å². The lowest BCUT2D eigenvalue weighted by Crippen LogP contribution is -2.59. The van der Waals surface area contributed by atoms with Crippen LogP contribution in [0.2, 0.25) is 0 Å². The number of halogens is 1. The molecule has 3 unspecified atom stereocenters. The van der Waals surface area contributed by atoms with Crippen LogP contribution in [0.4, 0.5) is 4.79 Å². The molecule has 2 aliphatic carbocycles. The number of benzene rings is 2. The average molecular weight is 780 g/mol. The van der Waals surface area contributed by atoms with E-state index in [1.54, 1.807) is 0 Å². The van der Waals surface area contributed by atoms with Crippen molar-refractivity contribution in [1.29, 1.82) is 0 Å². The van der Waals surface area contributed by atoms with E-state index < -0.39 is 49.6 Å². The van der Waals surface area contributed by atoms with Crippen molar-refractivity contribution in [2.75, 3.05) is 32.8 Å². The summed E-state index contributed by atoms with van der Waals surface area (Å²) in [5.74, 6) is 0.531. The number of Topliss-reactive ketones (excluding diaryl/α,β-unsaturated/α-hetero) is 1. The molecule has 8 N–H and O–H groups in total. The van der Waals surface area contributed by atoms with Crippen LogP contribution in [-0.4, -0.2) is 122 Å². The molecule has 2 amide bonds. The Bertz CT molecular complexity index is 1760. The SMILES string of the molecule is CCC(Cl)C(CC(=O)C1CN(C(=O)NC[C@H](O)[C@@H](O)[C@H](O)[C@H](O)CO)CCN1)c1ccccc1CNC1(c2cnccc2-c2ccccc2OC2CC2)CC1. The van der Waals surface area contributed by atoms with Gasteiger partial charge in [0.1, 0.15) is 24.1 Å². The number of piperazine rings is 1. The number of amides is 2. The van der Waals surface area contributed by atoms with E-state index in [4.69, 9.17) is 21.4 Å². The number of nitrogens with one attached hydrogen (secondary N) is 3. The summed E-state index contributed by atoms with van der Waals surface area (Å²) in [7, 11) is 0. The number of ether oxygens (including phenoxy) is 1. The van der Waals surface area contributed by atoms with E-state index in [1.807, 2.05) is 55.7 Å². The van der Waals surface area contributed by atoms with Crippen LogP contribution in [0.3, 0.4) is 0 Å². The van der Waals surface area contributed by atoms with E-state index in [0.717, 1.165) is 59.3 Å². The summed E-state index contributed by atoms with van der Waals surface area (Å²) in [5, 5.41) is 58.1. The minimum absolute atomic E-state index is 0.0771. The summed E-state index contributed by atoms with van der Waals surface area (Å²) in [6.45, 7) is 2.12. The predicted octanol–water partition coefficient (Wildman–Crippen LogP) is 2.55. The number of alkyl halides is 1. The first-order chi connectivity index (χ1) is 26.5. The fourth-order valence-corrected chi connectivity index (χ4v) is 7.59. The Morgan fingerprint density at radius 3 is 2.47 bits per heavy atom. The van der Waals surface area contributed by atoms with Gasteiger partial charge in [-0.25, -0.2) is 4.79 Å². The van der Waals surface area contributed by atoms with Crippen LogP contribution in [0.1, 0.15) is 68.1 Å². The number of pyridine rings is 1. The van der Waals surface area contributed by atoms with Crippen LogP contribution in [0.5, 0.6) is 5.75 Å². The van der Waals surface area contributed by atoms with E-state index in [9.17, 15) is 30.0 Å². The largest absolute Gasteiger partial charge is 0.490 e. The Kier molecular flexibility index (Phi) is 13.8. The topological polar surface area (TPSA) is 197 Å². The van der Waals surface area contributed by atoms with Gasteiger partial charge in [0.05, 0.1) is 24.9 Å². The third-order valence-electron chi connectivity index (χ3n) is 11.0. The number of carbonyl (C=O) groups is 2. The van der Waals surface area contributed by atoms with Crippen LogP contribution in [-0.2, 0) is 16.9 Å². The molecule has 6 rings (SSSR count). The van der Waals surface area contributed by atoms with Crippen molar-refractivity contribution in [2.24, 2.45) is 0 Å². The van der Waals surface area contributed by atoms with Gasteiger partial charge < -0.3 is 51.1 Å². The van der Waals surface area contributed by atoms with Gasteiger partial charge in [0.15, 0.2) is 5.78 Å². The number of urea groups is 1. The Morgan fingerprint density at radius 2 is 1.75 bits per heavy atom. The Labute approximate surface area is 327 Å². The molecule has 3 aliphatic rings. The molecule has 298 valence electrons. The molecule has 1 aliphatic heterocycles. The molecule has 55 heavy (non-hydrogen) atoms. The number of ketones is 1. The molecule has 1 saturated heterocycles. The van der Waals surface area contributed by atoms with Crippen LogP contribution >= 0.6 is 11.6 Å². The molecule has 7 atom stereocenters. The lowest BCUT2D eigenvalue weighted by atomic mass is 9.84. The molecule has 0 radical (unpaired) electrons. The number of nitrogens with zero attached hydrogens (tertiary/aromatic N) is 2. The van der Waals surface area contributed by atoms with Gasteiger partial charge in [-0.1, -0.05) is 49.4 Å². The van der Waals surface area contributed by atoms with Crippen molar-refractivity contribution in [3.8, 4) is 16.9 Å². The molecule has 3 aromatic rings. The third-order valence-corrected chi connectivity index (χ3v) is 11.7. The number of para-hydroxylation sites is 1. The third kappa shape index (κ3) is 10.0. The van der Waals surface area contributed by atoms with Gasteiger partial charge in [-0.2, -0.15) is 0 Å². The van der Waals surface area contributed by atoms with Crippen LogP contribution in [0, 0.1) is 0 Å². The zero-order valence-electron chi connectivity index (χ0n) is 31.2. The molecule has 2 saturated carbocycles. The molecule has 14 heteroatoms. The van der Waals surface area contributed by atoms with Crippen LogP contribution in [0.15, 0.2) is 67.0 Å². The van der Waals surface area contributed by atoms with Gasteiger partial charge >= 0.3 is 6.03 Å². The second-order valence-corrected chi connectivity index (χ2v) is 15.6. The Morgan fingerprint density at radius 1 is 1.02 bits per heavy atom. The lowest BCUT2D eigenvalue weighted by Gasteiger charge is -2.34. The highest BCUT2D eigenvalue weighted by Gasteiger charge is 2.46. The van der Waals surface area contributed by atoms with Crippen LogP contribution < -0.4 is 20.7 Å². The summed E-state index contributed by atoms with van der Waals surface area (Å²) >= 11 is 7.01. The first-order valence-electron chi connectivity index (χ1n) is 19.3. The first kappa shape index (κ1) is 41.0. The summed E-state index contributed by atoms with van der Waals surface area (Å²) < 4.78 is 6.29. The number of aliphatic hydroxyl groups excluding tert-OH is 5. The van der Waals surface area contributed by atoms with Gasteiger partial charge in [0.2, 0.25) is 0 Å². The van der Waals surface area contributed by atoms with Crippen molar-refractivity contribution in [2.45, 2.75) is 105 Å². The van der Waals surface area contributed by atoms with E-state index in [2.05, 4.69) is 39.1 Å².